The van der Waals surface area contributed by atoms with Crippen LogP contribution in [0.25, 0.3) is 0 Å². The lowest BCUT2D eigenvalue weighted by atomic mass is 10.1. The maximum Gasteiger partial charge on any atom is 0.244 e. The molecular weight excluding hydrogens is 340 g/mol. The molecule has 0 bridgehead atoms. The summed E-state index contributed by atoms with van der Waals surface area (Å²) in [5, 5.41) is 3.45. The van der Waals surface area contributed by atoms with E-state index in [4.69, 9.17) is 16.3 Å². The maximum atomic E-state index is 12.3. The molecule has 0 fully saturated rings. The van der Waals surface area contributed by atoms with Crippen molar-refractivity contribution in [2.75, 3.05) is 25.5 Å². The zero-order valence-corrected chi connectivity index (χ0v) is 15.0. The Morgan fingerprint density at radius 3 is 2.44 bits per heavy atom. The van der Waals surface area contributed by atoms with Gasteiger partial charge in [0.15, 0.2) is 0 Å². The standard InChI is InChI=1S/C19H21ClN2O3/c1-14(23)22(12-11-15-7-9-16(20)10-8-15)13-19(24)21-17-5-3-4-6-18(17)25-2/h3-10H,11-13H2,1-2H3,(H,21,24). The third-order valence-corrected chi connectivity index (χ3v) is 4.00. The van der Waals surface area contributed by atoms with Gasteiger partial charge in [-0.3, -0.25) is 9.59 Å². The minimum absolute atomic E-state index is 0.0129. The predicted octanol–water partition coefficient (Wildman–Crippen LogP) is 3.38. The van der Waals surface area contributed by atoms with E-state index >= 15 is 0 Å². The summed E-state index contributed by atoms with van der Waals surface area (Å²) in [5.41, 5.74) is 1.64. The van der Waals surface area contributed by atoms with E-state index in [9.17, 15) is 9.59 Å². The minimum Gasteiger partial charge on any atom is -0.495 e. The van der Waals surface area contributed by atoms with E-state index in [-0.39, 0.29) is 18.4 Å². The van der Waals surface area contributed by atoms with Crippen molar-refractivity contribution in [3.05, 3.63) is 59.1 Å². The molecule has 2 amide bonds. The number of benzene rings is 2. The molecule has 1 N–H and O–H groups in total. The fourth-order valence-corrected chi connectivity index (χ4v) is 2.50. The molecule has 132 valence electrons. The van der Waals surface area contributed by atoms with Crippen LogP contribution in [0.5, 0.6) is 5.75 Å². The molecule has 5 nitrogen and oxygen atoms in total. The molecule has 0 radical (unpaired) electrons. The Labute approximate surface area is 152 Å². The van der Waals surface area contributed by atoms with E-state index in [0.29, 0.717) is 29.4 Å². The van der Waals surface area contributed by atoms with Gasteiger partial charge in [-0.1, -0.05) is 35.9 Å². The quantitative estimate of drug-likeness (QED) is 0.823. The van der Waals surface area contributed by atoms with Gasteiger partial charge in [-0.25, -0.2) is 0 Å². The summed E-state index contributed by atoms with van der Waals surface area (Å²) >= 11 is 5.87. The molecule has 2 rings (SSSR count). The number of rotatable bonds is 7. The average molecular weight is 361 g/mol. The van der Waals surface area contributed by atoms with Crippen molar-refractivity contribution in [3.63, 3.8) is 0 Å². The Morgan fingerprint density at radius 1 is 1.12 bits per heavy atom. The summed E-state index contributed by atoms with van der Waals surface area (Å²) in [5.74, 6) is 0.159. The summed E-state index contributed by atoms with van der Waals surface area (Å²) in [6, 6.07) is 14.6. The van der Waals surface area contributed by atoms with Crippen LogP contribution in [0.15, 0.2) is 48.5 Å². The van der Waals surface area contributed by atoms with Gasteiger partial charge in [0, 0.05) is 18.5 Å². The van der Waals surface area contributed by atoms with Crippen LogP contribution in [0.2, 0.25) is 5.02 Å². The number of anilines is 1. The molecule has 25 heavy (non-hydrogen) atoms. The Kier molecular flexibility index (Phi) is 6.83. The number of halogens is 1. The largest absolute Gasteiger partial charge is 0.495 e. The number of para-hydroxylation sites is 2. The van der Waals surface area contributed by atoms with Crippen molar-refractivity contribution in [3.8, 4) is 5.75 Å². The Morgan fingerprint density at radius 2 is 1.80 bits per heavy atom. The Bertz CT molecular complexity index is 732. The van der Waals surface area contributed by atoms with Crippen LogP contribution < -0.4 is 10.1 Å². The number of methoxy groups -OCH3 is 1. The first-order valence-electron chi connectivity index (χ1n) is 7.92. The Hall–Kier alpha value is -2.53. The Balaban J connectivity index is 1.95. The van der Waals surface area contributed by atoms with Crippen molar-refractivity contribution in [2.24, 2.45) is 0 Å². The van der Waals surface area contributed by atoms with Crippen LogP contribution >= 0.6 is 11.6 Å². The number of nitrogens with zero attached hydrogens (tertiary/aromatic N) is 1. The van der Waals surface area contributed by atoms with Crippen LogP contribution in [0.4, 0.5) is 5.69 Å². The summed E-state index contributed by atoms with van der Waals surface area (Å²) in [6.45, 7) is 1.90. The van der Waals surface area contributed by atoms with E-state index in [1.54, 1.807) is 25.3 Å². The van der Waals surface area contributed by atoms with Gasteiger partial charge in [0.05, 0.1) is 19.3 Å². The van der Waals surface area contributed by atoms with Crippen molar-refractivity contribution in [1.29, 1.82) is 0 Å². The monoisotopic (exact) mass is 360 g/mol. The van der Waals surface area contributed by atoms with Crippen LogP contribution in [-0.2, 0) is 16.0 Å². The summed E-state index contributed by atoms with van der Waals surface area (Å²) in [6.07, 6.45) is 0.651. The molecule has 6 heteroatoms. The molecular formula is C19H21ClN2O3. The molecule has 0 heterocycles. The highest BCUT2D eigenvalue weighted by atomic mass is 35.5. The molecule has 0 aliphatic heterocycles. The fraction of sp³-hybridized carbons (Fsp3) is 0.263. The predicted molar refractivity (Wildman–Crippen MR) is 99.0 cm³/mol. The van der Waals surface area contributed by atoms with Crippen LogP contribution in [0.1, 0.15) is 12.5 Å². The van der Waals surface area contributed by atoms with E-state index < -0.39 is 0 Å². The molecule has 2 aromatic rings. The highest BCUT2D eigenvalue weighted by Crippen LogP contribution is 2.22. The van der Waals surface area contributed by atoms with Gasteiger partial charge in [-0.15, -0.1) is 0 Å². The fourth-order valence-electron chi connectivity index (χ4n) is 2.37. The number of ether oxygens (including phenoxy) is 1. The third kappa shape index (κ3) is 5.80. The molecule has 2 aromatic carbocycles. The first-order chi connectivity index (χ1) is 12.0. The van der Waals surface area contributed by atoms with Crippen LogP contribution in [0.3, 0.4) is 0 Å². The van der Waals surface area contributed by atoms with Gasteiger partial charge in [0.1, 0.15) is 5.75 Å². The minimum atomic E-state index is -0.268. The first kappa shape index (κ1) is 18.8. The molecule has 0 aliphatic rings. The second kappa shape index (κ2) is 9.08. The van der Waals surface area contributed by atoms with Crippen molar-refractivity contribution in [1.82, 2.24) is 4.90 Å². The first-order valence-corrected chi connectivity index (χ1v) is 8.30. The highest BCUT2D eigenvalue weighted by molar-refractivity contribution is 6.30. The lowest BCUT2D eigenvalue weighted by Crippen LogP contribution is -2.38. The zero-order chi connectivity index (χ0) is 18.2. The van der Waals surface area contributed by atoms with E-state index in [2.05, 4.69) is 5.32 Å². The number of carbonyl (C=O) groups is 2. The number of hydrogen-bond acceptors (Lipinski definition) is 3. The van der Waals surface area contributed by atoms with Gasteiger partial charge < -0.3 is 15.0 Å². The SMILES string of the molecule is COc1ccccc1NC(=O)CN(CCc1ccc(Cl)cc1)C(C)=O. The van der Waals surface area contributed by atoms with E-state index in [0.717, 1.165) is 5.56 Å². The molecule has 0 aliphatic carbocycles. The van der Waals surface area contributed by atoms with Gasteiger partial charge >= 0.3 is 0 Å². The second-order valence-electron chi connectivity index (χ2n) is 5.57. The molecule has 0 saturated carbocycles. The topological polar surface area (TPSA) is 58.6 Å². The van der Waals surface area contributed by atoms with Crippen molar-refractivity contribution < 1.29 is 14.3 Å². The van der Waals surface area contributed by atoms with Gasteiger partial charge in [0.2, 0.25) is 11.8 Å². The molecule has 0 aromatic heterocycles. The number of hydrogen-bond donors (Lipinski definition) is 1. The number of carbonyl (C=O) groups excluding carboxylic acids is 2. The van der Waals surface area contributed by atoms with Gasteiger partial charge in [-0.05, 0) is 36.2 Å². The van der Waals surface area contributed by atoms with Crippen molar-refractivity contribution in [2.45, 2.75) is 13.3 Å². The van der Waals surface area contributed by atoms with E-state index in [1.807, 2.05) is 30.3 Å². The lowest BCUT2D eigenvalue weighted by Gasteiger charge is -2.21. The number of nitrogens with one attached hydrogen (secondary N) is 1. The molecule has 0 spiro atoms. The van der Waals surface area contributed by atoms with Gasteiger partial charge in [-0.2, -0.15) is 0 Å². The van der Waals surface area contributed by atoms with Crippen molar-refractivity contribution >= 4 is 29.1 Å². The smallest absolute Gasteiger partial charge is 0.244 e. The van der Waals surface area contributed by atoms with E-state index in [1.165, 1.54) is 11.8 Å². The zero-order valence-electron chi connectivity index (χ0n) is 14.3. The average Bonchev–Trinajstić information content (AvgIpc) is 2.60. The van der Waals surface area contributed by atoms with Crippen LogP contribution in [0, 0.1) is 0 Å². The summed E-state index contributed by atoms with van der Waals surface area (Å²) in [4.78, 5) is 25.6. The molecule has 0 atom stereocenters. The lowest BCUT2D eigenvalue weighted by molar-refractivity contribution is -0.132. The van der Waals surface area contributed by atoms with Gasteiger partial charge in [0.25, 0.3) is 0 Å². The van der Waals surface area contributed by atoms with Crippen LogP contribution in [-0.4, -0.2) is 36.9 Å². The second-order valence-corrected chi connectivity index (χ2v) is 6.00. The highest BCUT2D eigenvalue weighted by Gasteiger charge is 2.15. The molecule has 0 unspecified atom stereocenters. The maximum absolute atomic E-state index is 12.3. The normalized spacial score (nSPS) is 10.2. The molecule has 0 saturated heterocycles. The summed E-state index contributed by atoms with van der Waals surface area (Å²) in [7, 11) is 1.54. The summed E-state index contributed by atoms with van der Waals surface area (Å²) < 4.78 is 5.21. The third-order valence-electron chi connectivity index (χ3n) is 3.74. The number of amides is 2.